The quantitative estimate of drug-likeness (QED) is 0.110. The average molecular weight is 897 g/mol. The first-order valence-corrected chi connectivity index (χ1v) is 16.1. The van der Waals surface area contributed by atoms with E-state index in [0.29, 0.717) is 0 Å². The molecule has 1 saturated carbocycles. The molecule has 1 aliphatic carbocycles. The Morgan fingerprint density at radius 1 is 0.837 bits per heavy atom. The van der Waals surface area contributed by atoms with Crippen molar-refractivity contribution in [1.82, 2.24) is 0 Å². The first kappa shape index (κ1) is 44.4. The summed E-state index contributed by atoms with van der Waals surface area (Å²) in [5.41, 5.74) is 23.6. The molecule has 14 atom stereocenters. The van der Waals surface area contributed by atoms with Gasteiger partial charge >= 0.3 is 102 Å². The molecule has 0 aromatic heterocycles. The molecule has 250 valence electrons. The predicted molar refractivity (Wildman–Crippen MR) is 154 cm³/mol. The molecule has 4 rings (SSSR count). The van der Waals surface area contributed by atoms with Crippen LogP contribution in [0.15, 0.2) is 0 Å². The van der Waals surface area contributed by atoms with Gasteiger partial charge in [0.2, 0.25) is 0 Å². The van der Waals surface area contributed by atoms with Gasteiger partial charge in [-0.1, -0.05) is 0 Å². The number of carboxylic acids is 1. The van der Waals surface area contributed by atoms with Crippen LogP contribution in [0.2, 0.25) is 10.6 Å². The van der Waals surface area contributed by atoms with E-state index in [0.717, 1.165) is 21.9 Å². The molecular weight excluding hydrogens is 845 g/mol. The molecule has 3 heterocycles. The molecule has 1 unspecified atom stereocenters. The summed E-state index contributed by atoms with van der Waals surface area (Å²) in [6, 6.07) is -2.72. The topological polar surface area (TPSA) is 300 Å². The minimum absolute atomic E-state index is 0. The van der Waals surface area contributed by atoms with Crippen molar-refractivity contribution >= 4 is 48.2 Å². The number of carboxylic acid groups (broad SMARTS) is 1. The number of nitrogens with two attached hydrogens (primary N) is 4. The van der Waals surface area contributed by atoms with Gasteiger partial charge in [-0.2, -0.15) is 0 Å². The van der Waals surface area contributed by atoms with Crippen LogP contribution in [0, 0.1) is 0 Å². The number of rotatable bonds is 6. The van der Waals surface area contributed by atoms with E-state index < -0.39 is 98.2 Å². The van der Waals surface area contributed by atoms with Crippen LogP contribution in [0.25, 0.3) is 0 Å². The minimum atomic E-state index is -1.51. The van der Waals surface area contributed by atoms with Crippen molar-refractivity contribution in [2.75, 3.05) is 13.2 Å². The molecule has 3 aliphatic heterocycles. The van der Waals surface area contributed by atoms with Crippen LogP contribution in [-0.2, 0) is 23.7 Å². The zero-order valence-corrected chi connectivity index (χ0v) is 34.0. The molecule has 0 aromatic carbocycles. The third kappa shape index (κ3) is 13.1. The van der Waals surface area contributed by atoms with E-state index in [1.807, 2.05) is 0 Å². The number of ether oxygens (including phenoxy) is 4. The Kier molecular flexibility index (Phi) is 22.8. The second kappa shape index (κ2) is 22.1. The van der Waals surface area contributed by atoms with Gasteiger partial charge in [-0.15, -0.1) is 0 Å². The molecule has 19 heteroatoms. The molecule has 4 aliphatic rings. The standard InChI is InChI=1S/C17H34N4O10.C5H10Se.C2H4O2.Na.Pb.3H/c18-2-6-10(24)12(26)8(21)16(28-6)30-14-5(20)1-4(19)9(23)15(14)31-17-13(27)11(25)7(3-22)29-17;1-2-4-6-5-3-1;1-2(3)4;;;;;/h4-17,22-27H,1-3,18-21H2;1-5H2;1H3,(H,3,4);;;;;/q;;;+1;;;;-1/t4-,5+,6-,7-,8-,9?,10-,11-,12-,13-,14-,15-,16-,17+;;;;;;;/m1......./s1. The van der Waals surface area contributed by atoms with Crippen molar-refractivity contribution in [2.45, 2.75) is 129 Å². The van der Waals surface area contributed by atoms with Crippen LogP contribution in [0.5, 0.6) is 0 Å². The van der Waals surface area contributed by atoms with Gasteiger partial charge in [0.25, 0.3) is 5.97 Å². The molecular formula is C24H51N4NaO12PbSe. The summed E-state index contributed by atoms with van der Waals surface area (Å²) in [5, 5.41) is 70.8. The molecule has 15 N–H and O–H groups in total. The molecule has 43 heavy (non-hydrogen) atoms. The number of carbonyl (C=O) groups is 1. The Balaban J connectivity index is 0. The zero-order chi connectivity index (χ0) is 30.9. The van der Waals surface area contributed by atoms with Crippen molar-refractivity contribution in [1.29, 1.82) is 0 Å². The number of hydrogen-bond acceptors (Lipinski definition) is 15. The van der Waals surface area contributed by atoms with Gasteiger partial charge in [-0.3, -0.25) is 4.79 Å². The Labute approximate surface area is 301 Å². The van der Waals surface area contributed by atoms with Crippen molar-refractivity contribution in [3.63, 3.8) is 0 Å². The van der Waals surface area contributed by atoms with Gasteiger partial charge in [0.15, 0.2) is 12.6 Å². The van der Waals surface area contributed by atoms with Gasteiger partial charge in [0.1, 0.15) is 48.8 Å². The summed E-state index contributed by atoms with van der Waals surface area (Å²) in [4.78, 5) is 9.00. The Bertz CT molecular complexity index is 777. The number of aliphatic carboxylic acids is 1. The van der Waals surface area contributed by atoms with Crippen LogP contribution in [0.3, 0.4) is 0 Å². The second-order valence-electron chi connectivity index (χ2n) is 10.5. The van der Waals surface area contributed by atoms with E-state index in [1.165, 1.54) is 19.3 Å². The molecule has 0 aromatic rings. The van der Waals surface area contributed by atoms with Crippen molar-refractivity contribution < 1.29 is 90.5 Å². The zero-order valence-electron chi connectivity index (χ0n) is 25.8. The van der Waals surface area contributed by atoms with E-state index in [9.17, 15) is 30.6 Å². The van der Waals surface area contributed by atoms with Gasteiger partial charge in [0, 0.05) is 25.6 Å². The van der Waals surface area contributed by atoms with E-state index in [1.54, 1.807) is 10.6 Å². The first-order chi connectivity index (χ1) is 19.3. The Morgan fingerprint density at radius 3 is 1.79 bits per heavy atom. The molecule has 2 radical (unpaired) electrons. The molecule has 3 saturated heterocycles. The van der Waals surface area contributed by atoms with Crippen LogP contribution < -0.4 is 52.5 Å². The van der Waals surface area contributed by atoms with E-state index in [-0.39, 0.29) is 71.2 Å². The van der Waals surface area contributed by atoms with Crippen LogP contribution in [0.1, 0.15) is 34.0 Å². The van der Waals surface area contributed by atoms with Crippen LogP contribution in [-0.4, -0.2) is 183 Å². The van der Waals surface area contributed by atoms with E-state index in [2.05, 4.69) is 0 Å². The summed E-state index contributed by atoms with van der Waals surface area (Å²) in [6.45, 7) is 0.410. The summed E-state index contributed by atoms with van der Waals surface area (Å²) in [5.74, 6) is -0.833. The Hall–Kier alpha value is 1.35. The molecule has 0 spiro atoms. The van der Waals surface area contributed by atoms with E-state index >= 15 is 0 Å². The summed E-state index contributed by atoms with van der Waals surface area (Å²) in [7, 11) is 0. The fourth-order valence-corrected chi connectivity index (χ4v) is 6.99. The average Bonchev–Trinajstić information content (AvgIpc) is 3.22. The van der Waals surface area contributed by atoms with Gasteiger partial charge < -0.3 is 79.1 Å². The number of aliphatic hydroxyl groups is 6. The predicted octanol–water partition coefficient (Wildman–Crippen LogP) is -8.65. The monoisotopic (exact) mass is 898 g/mol. The SMILES string of the molecule is C1CC[Se]CC1.CC(=O)O.NC[C@H]1O[C@H](O[C@H]2[C@H](O[C@@H]3O[C@H](CO)[C@@H](O)[C@H]3O)C(O)[C@H](N)C[C@@H]2N)[C@H](N)[C@@H](O)[C@@H]1O.[H-].[Na+].[PbH2]. The third-order valence-electron chi connectivity index (χ3n) is 7.20. The second-order valence-corrected chi connectivity index (χ2v) is 13.1. The number of aliphatic hydroxyl groups excluding tert-OH is 6. The summed E-state index contributed by atoms with van der Waals surface area (Å²) in [6.07, 6.45) is -9.20. The fraction of sp³-hybridized carbons (Fsp3) is 0.958. The first-order valence-electron chi connectivity index (χ1n) is 13.7. The normalized spacial score (nSPS) is 42.6. The van der Waals surface area contributed by atoms with Gasteiger partial charge in [-0.25, -0.2) is 0 Å². The van der Waals surface area contributed by atoms with E-state index in [4.69, 9.17) is 51.8 Å². The third-order valence-corrected chi connectivity index (χ3v) is 9.63. The Morgan fingerprint density at radius 2 is 1.35 bits per heavy atom. The van der Waals surface area contributed by atoms with Crippen molar-refractivity contribution in [2.24, 2.45) is 22.9 Å². The fourth-order valence-electron chi connectivity index (χ4n) is 4.85. The molecule has 0 amide bonds. The van der Waals surface area contributed by atoms with Gasteiger partial charge in [0.05, 0.1) is 18.8 Å². The van der Waals surface area contributed by atoms with Crippen LogP contribution in [0.4, 0.5) is 0 Å². The van der Waals surface area contributed by atoms with Crippen molar-refractivity contribution in [3.8, 4) is 0 Å². The summed E-state index contributed by atoms with van der Waals surface area (Å²) >= 11 is 1.05. The molecule has 16 nitrogen and oxygen atoms in total. The maximum atomic E-state index is 10.6. The summed E-state index contributed by atoms with van der Waals surface area (Å²) < 4.78 is 22.5. The number of hydrogen-bond donors (Lipinski definition) is 11. The van der Waals surface area contributed by atoms with Gasteiger partial charge in [-0.05, 0) is 6.42 Å². The van der Waals surface area contributed by atoms with Crippen molar-refractivity contribution in [3.05, 3.63) is 0 Å². The maximum absolute atomic E-state index is 10.6. The van der Waals surface area contributed by atoms with Crippen LogP contribution >= 0.6 is 0 Å². The molecule has 0 bridgehead atoms. The molecule has 4 fully saturated rings.